The summed E-state index contributed by atoms with van der Waals surface area (Å²) in [5.41, 5.74) is 0.555. The number of rotatable bonds is 2. The molecule has 18 heavy (non-hydrogen) atoms. The van der Waals surface area contributed by atoms with Crippen LogP contribution < -0.4 is 10.2 Å². The van der Waals surface area contributed by atoms with Crippen molar-refractivity contribution < 1.29 is 14.7 Å². The van der Waals surface area contributed by atoms with Crippen molar-refractivity contribution in [2.75, 3.05) is 24.5 Å². The average Bonchev–Trinajstić information content (AvgIpc) is 2.52. The van der Waals surface area contributed by atoms with Crippen LogP contribution in [0.5, 0.6) is 0 Å². The Morgan fingerprint density at radius 2 is 2.17 bits per heavy atom. The van der Waals surface area contributed by atoms with Crippen LogP contribution in [0.3, 0.4) is 0 Å². The molecule has 0 aromatic heterocycles. The van der Waals surface area contributed by atoms with E-state index in [1.807, 2.05) is 0 Å². The van der Waals surface area contributed by atoms with Crippen molar-refractivity contribution in [2.24, 2.45) is 5.92 Å². The molecule has 1 atom stereocenters. The molecule has 1 unspecified atom stereocenters. The minimum Gasteiger partial charge on any atom is -0.481 e. The molecule has 0 radical (unpaired) electrons. The molecule has 1 amide bonds. The molecule has 1 aromatic carbocycles. The van der Waals surface area contributed by atoms with Gasteiger partial charge in [0.1, 0.15) is 0 Å². The molecule has 5 nitrogen and oxygen atoms in total. The fourth-order valence-corrected chi connectivity index (χ4v) is 2.14. The highest BCUT2D eigenvalue weighted by Crippen LogP contribution is 2.26. The van der Waals surface area contributed by atoms with Crippen molar-refractivity contribution in [3.8, 4) is 0 Å². The lowest BCUT2D eigenvalue weighted by molar-refractivity contribution is -0.141. The summed E-state index contributed by atoms with van der Waals surface area (Å²) in [6, 6.07) is 6.92. The van der Waals surface area contributed by atoms with Gasteiger partial charge in [-0.05, 0) is 12.1 Å². The molecule has 2 rings (SSSR count). The molecule has 1 heterocycles. The second kappa shape index (κ2) is 5.37. The Morgan fingerprint density at radius 3 is 2.83 bits per heavy atom. The van der Waals surface area contributed by atoms with Gasteiger partial charge in [0.05, 0.1) is 23.2 Å². The molecule has 1 aliphatic rings. The fourth-order valence-electron chi connectivity index (χ4n) is 1.90. The Kier molecular flexibility index (Phi) is 3.84. The first-order valence-electron chi connectivity index (χ1n) is 5.58. The minimum absolute atomic E-state index is 0.120. The SMILES string of the molecule is O=C(O)C1CNCC(=O)N(c2ccccc2Cl)C1. The van der Waals surface area contributed by atoms with Gasteiger partial charge in [-0.25, -0.2) is 0 Å². The maximum atomic E-state index is 11.9. The van der Waals surface area contributed by atoms with Crippen molar-refractivity contribution in [3.05, 3.63) is 29.3 Å². The monoisotopic (exact) mass is 268 g/mol. The van der Waals surface area contributed by atoms with E-state index < -0.39 is 11.9 Å². The first-order chi connectivity index (χ1) is 8.59. The standard InChI is InChI=1S/C12H13ClN2O3/c13-9-3-1-2-4-10(9)15-7-8(12(17)18)5-14-6-11(15)16/h1-4,8,14H,5-7H2,(H,17,18). The van der Waals surface area contributed by atoms with E-state index in [1.54, 1.807) is 24.3 Å². The summed E-state index contributed by atoms with van der Waals surface area (Å²) < 4.78 is 0. The molecule has 96 valence electrons. The zero-order valence-electron chi connectivity index (χ0n) is 9.60. The van der Waals surface area contributed by atoms with E-state index in [1.165, 1.54) is 4.90 Å². The van der Waals surface area contributed by atoms with Crippen molar-refractivity contribution in [1.29, 1.82) is 0 Å². The van der Waals surface area contributed by atoms with Gasteiger partial charge < -0.3 is 15.3 Å². The molecule has 0 aliphatic carbocycles. The van der Waals surface area contributed by atoms with Crippen LogP contribution in [-0.4, -0.2) is 36.6 Å². The summed E-state index contributed by atoms with van der Waals surface area (Å²) in [4.78, 5) is 24.4. The molecule has 0 bridgehead atoms. The van der Waals surface area contributed by atoms with Gasteiger partial charge in [0.15, 0.2) is 0 Å². The normalized spacial score (nSPS) is 20.6. The number of benzene rings is 1. The lowest BCUT2D eigenvalue weighted by Gasteiger charge is -2.23. The lowest BCUT2D eigenvalue weighted by Crippen LogP contribution is -2.37. The number of para-hydroxylation sites is 1. The maximum Gasteiger partial charge on any atom is 0.309 e. The molecule has 6 heteroatoms. The number of anilines is 1. The van der Waals surface area contributed by atoms with E-state index in [-0.39, 0.29) is 25.5 Å². The van der Waals surface area contributed by atoms with Gasteiger partial charge in [-0.2, -0.15) is 0 Å². The predicted octanol–water partition coefficient (Wildman–Crippen LogP) is 0.977. The van der Waals surface area contributed by atoms with Crippen LogP contribution in [0.4, 0.5) is 5.69 Å². The van der Waals surface area contributed by atoms with Gasteiger partial charge in [-0.3, -0.25) is 9.59 Å². The third-order valence-electron chi connectivity index (χ3n) is 2.86. The Balaban J connectivity index is 2.31. The number of hydrogen-bond donors (Lipinski definition) is 2. The third-order valence-corrected chi connectivity index (χ3v) is 3.18. The summed E-state index contributed by atoms with van der Waals surface area (Å²) in [5, 5.41) is 12.3. The number of carboxylic acid groups (broad SMARTS) is 1. The van der Waals surface area contributed by atoms with E-state index >= 15 is 0 Å². The van der Waals surface area contributed by atoms with Crippen molar-refractivity contribution in [3.63, 3.8) is 0 Å². The fraction of sp³-hybridized carbons (Fsp3) is 0.333. The number of nitrogens with zero attached hydrogens (tertiary/aromatic N) is 1. The Labute approximate surface area is 109 Å². The zero-order chi connectivity index (χ0) is 13.1. The van der Waals surface area contributed by atoms with E-state index in [2.05, 4.69) is 5.32 Å². The van der Waals surface area contributed by atoms with Crippen LogP contribution in [-0.2, 0) is 9.59 Å². The second-order valence-electron chi connectivity index (χ2n) is 4.12. The van der Waals surface area contributed by atoms with Crippen molar-refractivity contribution in [1.82, 2.24) is 5.32 Å². The molecule has 0 saturated carbocycles. The predicted molar refractivity (Wildman–Crippen MR) is 67.8 cm³/mol. The summed E-state index contributed by atoms with van der Waals surface area (Å²) in [7, 11) is 0. The first kappa shape index (κ1) is 12.9. The Bertz CT molecular complexity index is 478. The zero-order valence-corrected chi connectivity index (χ0v) is 10.4. The molecular weight excluding hydrogens is 256 g/mol. The largest absolute Gasteiger partial charge is 0.481 e. The van der Waals surface area contributed by atoms with Crippen LogP contribution in [0, 0.1) is 5.92 Å². The number of carbonyl (C=O) groups is 2. The number of halogens is 1. The molecule has 0 spiro atoms. The van der Waals surface area contributed by atoms with E-state index in [9.17, 15) is 9.59 Å². The molecule has 1 aromatic rings. The van der Waals surface area contributed by atoms with Crippen LogP contribution in [0.15, 0.2) is 24.3 Å². The topological polar surface area (TPSA) is 69.6 Å². The van der Waals surface area contributed by atoms with E-state index in [4.69, 9.17) is 16.7 Å². The maximum absolute atomic E-state index is 11.9. The molecular formula is C12H13ClN2O3. The Morgan fingerprint density at radius 1 is 1.44 bits per heavy atom. The number of carbonyl (C=O) groups excluding carboxylic acids is 1. The highest BCUT2D eigenvalue weighted by Gasteiger charge is 2.29. The summed E-state index contributed by atoms with van der Waals surface area (Å²) in [5.74, 6) is -1.73. The Hall–Kier alpha value is -1.59. The minimum atomic E-state index is -0.922. The first-order valence-corrected chi connectivity index (χ1v) is 5.96. The number of amides is 1. The molecule has 1 fully saturated rings. The van der Waals surface area contributed by atoms with Gasteiger partial charge >= 0.3 is 5.97 Å². The summed E-state index contributed by atoms with van der Waals surface area (Å²) in [6.45, 7) is 0.530. The quantitative estimate of drug-likeness (QED) is 0.839. The smallest absolute Gasteiger partial charge is 0.309 e. The second-order valence-corrected chi connectivity index (χ2v) is 4.53. The third kappa shape index (κ3) is 2.63. The van der Waals surface area contributed by atoms with Crippen LogP contribution in [0.2, 0.25) is 5.02 Å². The highest BCUT2D eigenvalue weighted by atomic mass is 35.5. The number of hydrogen-bond acceptors (Lipinski definition) is 3. The van der Waals surface area contributed by atoms with E-state index in [0.717, 1.165) is 0 Å². The van der Waals surface area contributed by atoms with Crippen LogP contribution >= 0.6 is 11.6 Å². The van der Waals surface area contributed by atoms with Crippen LogP contribution in [0.1, 0.15) is 0 Å². The van der Waals surface area contributed by atoms with E-state index in [0.29, 0.717) is 10.7 Å². The van der Waals surface area contributed by atoms with Gasteiger partial charge in [0.2, 0.25) is 5.91 Å². The number of aliphatic carboxylic acids is 1. The van der Waals surface area contributed by atoms with Gasteiger partial charge in [0.25, 0.3) is 0 Å². The molecule has 1 aliphatic heterocycles. The van der Waals surface area contributed by atoms with Gasteiger partial charge in [0, 0.05) is 13.1 Å². The average molecular weight is 269 g/mol. The lowest BCUT2D eigenvalue weighted by atomic mass is 10.1. The summed E-state index contributed by atoms with van der Waals surface area (Å²) >= 11 is 6.04. The van der Waals surface area contributed by atoms with Gasteiger partial charge in [-0.15, -0.1) is 0 Å². The number of nitrogens with one attached hydrogen (secondary N) is 1. The highest BCUT2D eigenvalue weighted by molar-refractivity contribution is 6.33. The van der Waals surface area contributed by atoms with Crippen LogP contribution in [0.25, 0.3) is 0 Å². The van der Waals surface area contributed by atoms with Crippen molar-refractivity contribution in [2.45, 2.75) is 0 Å². The molecule has 1 saturated heterocycles. The van der Waals surface area contributed by atoms with Crippen molar-refractivity contribution >= 4 is 29.2 Å². The summed E-state index contributed by atoms with van der Waals surface area (Å²) in [6.07, 6.45) is 0. The molecule has 2 N–H and O–H groups in total. The number of carboxylic acids is 1. The van der Waals surface area contributed by atoms with Gasteiger partial charge in [-0.1, -0.05) is 23.7 Å².